The Balaban J connectivity index is 2.01. The van der Waals surface area contributed by atoms with Crippen molar-refractivity contribution in [2.24, 2.45) is 0 Å². The van der Waals surface area contributed by atoms with Gasteiger partial charge in [0.05, 0.1) is 5.56 Å². The molecule has 0 radical (unpaired) electrons. The number of hydrogen-bond acceptors (Lipinski definition) is 4. The van der Waals surface area contributed by atoms with Gasteiger partial charge >= 0.3 is 0 Å². The number of nitrogens with two attached hydrogens (primary N) is 1. The topological polar surface area (TPSA) is 80.0 Å². The smallest absolute Gasteiger partial charge is 0.271 e. The minimum absolute atomic E-state index is 0.297. The SMILES string of the molecule is Nc1ccccc1C(=O)NNc1ccccn1. The lowest BCUT2D eigenvalue weighted by Crippen LogP contribution is -2.30. The van der Waals surface area contributed by atoms with E-state index >= 15 is 0 Å². The van der Waals surface area contributed by atoms with Crippen LogP contribution >= 0.6 is 0 Å². The van der Waals surface area contributed by atoms with E-state index in [0.29, 0.717) is 17.1 Å². The van der Waals surface area contributed by atoms with Gasteiger partial charge in [0.1, 0.15) is 5.82 Å². The Kier molecular flexibility index (Phi) is 3.20. The van der Waals surface area contributed by atoms with Gasteiger partial charge in [-0.3, -0.25) is 15.6 Å². The third kappa shape index (κ3) is 2.72. The highest BCUT2D eigenvalue weighted by molar-refractivity contribution is 5.99. The lowest BCUT2D eigenvalue weighted by atomic mass is 10.2. The summed E-state index contributed by atoms with van der Waals surface area (Å²) in [6, 6.07) is 12.2. The molecule has 0 spiro atoms. The van der Waals surface area contributed by atoms with Gasteiger partial charge in [0.15, 0.2) is 0 Å². The van der Waals surface area contributed by atoms with E-state index in [1.54, 1.807) is 42.6 Å². The maximum Gasteiger partial charge on any atom is 0.271 e. The zero-order chi connectivity index (χ0) is 12.1. The van der Waals surface area contributed by atoms with Crippen LogP contribution in [0.25, 0.3) is 0 Å². The number of para-hydroxylation sites is 1. The number of nitrogens with zero attached hydrogens (tertiary/aromatic N) is 1. The minimum Gasteiger partial charge on any atom is -0.398 e. The van der Waals surface area contributed by atoms with Crippen LogP contribution in [-0.2, 0) is 0 Å². The highest BCUT2D eigenvalue weighted by atomic mass is 16.2. The summed E-state index contributed by atoms with van der Waals surface area (Å²) in [6.45, 7) is 0. The fourth-order valence-electron chi connectivity index (χ4n) is 1.33. The average Bonchev–Trinajstić information content (AvgIpc) is 2.38. The quantitative estimate of drug-likeness (QED) is 0.548. The Morgan fingerprint density at radius 2 is 1.88 bits per heavy atom. The van der Waals surface area contributed by atoms with Crippen LogP contribution in [0.5, 0.6) is 0 Å². The van der Waals surface area contributed by atoms with Gasteiger partial charge in [-0.05, 0) is 24.3 Å². The molecular formula is C12H12N4O. The molecule has 0 bridgehead atoms. The van der Waals surface area contributed by atoms with Crippen LogP contribution in [0, 0.1) is 0 Å². The van der Waals surface area contributed by atoms with Gasteiger partial charge in [0.2, 0.25) is 0 Å². The molecule has 1 heterocycles. The monoisotopic (exact) mass is 228 g/mol. The van der Waals surface area contributed by atoms with Crippen molar-refractivity contribution < 1.29 is 4.79 Å². The lowest BCUT2D eigenvalue weighted by molar-refractivity contribution is 0.0963. The van der Waals surface area contributed by atoms with E-state index in [1.165, 1.54) is 0 Å². The van der Waals surface area contributed by atoms with Crippen molar-refractivity contribution in [1.82, 2.24) is 10.4 Å². The molecule has 1 amide bonds. The molecule has 1 aromatic carbocycles. The van der Waals surface area contributed by atoms with E-state index in [9.17, 15) is 4.79 Å². The maximum absolute atomic E-state index is 11.8. The third-order valence-corrected chi connectivity index (χ3v) is 2.17. The van der Waals surface area contributed by atoms with Crippen LogP contribution in [0.15, 0.2) is 48.7 Å². The molecule has 0 fully saturated rings. The predicted molar refractivity (Wildman–Crippen MR) is 66.2 cm³/mol. The van der Waals surface area contributed by atoms with E-state index in [0.717, 1.165) is 0 Å². The molecule has 4 N–H and O–H groups in total. The van der Waals surface area contributed by atoms with Gasteiger partial charge in [0.25, 0.3) is 5.91 Å². The second kappa shape index (κ2) is 4.98. The standard InChI is InChI=1S/C12H12N4O/c13-10-6-2-1-5-9(10)12(17)16-15-11-7-3-4-8-14-11/h1-8H,13H2,(H,14,15)(H,16,17). The Hall–Kier alpha value is -2.56. The summed E-state index contributed by atoms with van der Waals surface area (Å²) in [6.07, 6.45) is 1.63. The number of aromatic nitrogens is 1. The van der Waals surface area contributed by atoms with Crippen LogP contribution in [0.4, 0.5) is 11.5 Å². The number of anilines is 2. The first-order valence-electron chi connectivity index (χ1n) is 5.09. The summed E-state index contributed by atoms with van der Waals surface area (Å²) < 4.78 is 0. The molecule has 0 saturated carbocycles. The highest BCUT2D eigenvalue weighted by Gasteiger charge is 2.07. The number of hydrazine groups is 1. The number of carbonyl (C=O) groups is 1. The molecule has 0 saturated heterocycles. The fraction of sp³-hybridized carbons (Fsp3) is 0. The van der Waals surface area contributed by atoms with Crippen molar-refractivity contribution in [2.45, 2.75) is 0 Å². The minimum atomic E-state index is -0.297. The summed E-state index contributed by atoms with van der Waals surface area (Å²) in [4.78, 5) is 15.8. The Morgan fingerprint density at radius 1 is 1.12 bits per heavy atom. The van der Waals surface area contributed by atoms with E-state index in [2.05, 4.69) is 15.8 Å². The Labute approximate surface area is 98.6 Å². The molecule has 0 aliphatic heterocycles. The van der Waals surface area contributed by atoms with Crippen molar-refractivity contribution in [2.75, 3.05) is 11.2 Å². The number of hydrogen-bond donors (Lipinski definition) is 3. The zero-order valence-electron chi connectivity index (χ0n) is 9.05. The zero-order valence-corrected chi connectivity index (χ0v) is 9.05. The molecule has 86 valence electrons. The first-order chi connectivity index (χ1) is 8.27. The molecule has 0 aliphatic carbocycles. The molecule has 1 aromatic heterocycles. The van der Waals surface area contributed by atoms with Crippen molar-refractivity contribution in [3.05, 3.63) is 54.2 Å². The van der Waals surface area contributed by atoms with Crippen LogP contribution in [0.1, 0.15) is 10.4 Å². The summed E-state index contributed by atoms with van der Waals surface area (Å²) in [5.74, 6) is 0.268. The van der Waals surface area contributed by atoms with Crippen LogP contribution in [0.2, 0.25) is 0 Å². The molecule has 5 heteroatoms. The first-order valence-corrected chi connectivity index (χ1v) is 5.09. The third-order valence-electron chi connectivity index (χ3n) is 2.17. The fourth-order valence-corrected chi connectivity index (χ4v) is 1.33. The second-order valence-electron chi connectivity index (χ2n) is 3.38. The number of benzene rings is 1. The number of rotatable bonds is 3. The molecule has 2 aromatic rings. The highest BCUT2D eigenvalue weighted by Crippen LogP contribution is 2.09. The largest absolute Gasteiger partial charge is 0.398 e. The maximum atomic E-state index is 11.8. The summed E-state index contributed by atoms with van der Waals surface area (Å²) in [5, 5.41) is 0. The number of carbonyl (C=O) groups excluding carboxylic acids is 1. The van der Waals surface area contributed by atoms with Crippen molar-refractivity contribution in [3.8, 4) is 0 Å². The van der Waals surface area contributed by atoms with Crippen LogP contribution in [-0.4, -0.2) is 10.9 Å². The van der Waals surface area contributed by atoms with Crippen molar-refractivity contribution >= 4 is 17.4 Å². The van der Waals surface area contributed by atoms with Gasteiger partial charge in [-0.15, -0.1) is 0 Å². The molecule has 0 unspecified atom stereocenters. The molecule has 2 rings (SSSR count). The predicted octanol–water partition coefficient (Wildman–Crippen LogP) is 1.42. The van der Waals surface area contributed by atoms with Gasteiger partial charge in [-0.2, -0.15) is 0 Å². The normalized spacial score (nSPS) is 9.65. The van der Waals surface area contributed by atoms with E-state index < -0.39 is 0 Å². The summed E-state index contributed by atoms with van der Waals surface area (Å²) in [7, 11) is 0. The van der Waals surface area contributed by atoms with Crippen LogP contribution in [0.3, 0.4) is 0 Å². The van der Waals surface area contributed by atoms with Crippen molar-refractivity contribution in [3.63, 3.8) is 0 Å². The average molecular weight is 228 g/mol. The van der Waals surface area contributed by atoms with Gasteiger partial charge < -0.3 is 5.73 Å². The van der Waals surface area contributed by atoms with Gasteiger partial charge in [0, 0.05) is 11.9 Å². The summed E-state index contributed by atoms with van der Waals surface area (Å²) in [5.41, 5.74) is 11.8. The van der Waals surface area contributed by atoms with E-state index in [1.807, 2.05) is 6.07 Å². The molecule has 17 heavy (non-hydrogen) atoms. The number of amides is 1. The van der Waals surface area contributed by atoms with Crippen LogP contribution < -0.4 is 16.6 Å². The van der Waals surface area contributed by atoms with Gasteiger partial charge in [-0.1, -0.05) is 18.2 Å². The molecule has 5 nitrogen and oxygen atoms in total. The summed E-state index contributed by atoms with van der Waals surface area (Å²) >= 11 is 0. The Morgan fingerprint density at radius 3 is 2.59 bits per heavy atom. The second-order valence-corrected chi connectivity index (χ2v) is 3.38. The number of nitrogens with one attached hydrogen (secondary N) is 2. The lowest BCUT2D eigenvalue weighted by Gasteiger charge is -2.08. The molecule has 0 atom stereocenters. The van der Waals surface area contributed by atoms with E-state index in [4.69, 9.17) is 5.73 Å². The van der Waals surface area contributed by atoms with E-state index in [-0.39, 0.29) is 5.91 Å². The molecule has 0 aliphatic rings. The van der Waals surface area contributed by atoms with Crippen molar-refractivity contribution in [1.29, 1.82) is 0 Å². The van der Waals surface area contributed by atoms with Gasteiger partial charge in [-0.25, -0.2) is 4.98 Å². The Bertz CT molecular complexity index is 513. The molecular weight excluding hydrogens is 216 g/mol. The number of pyridine rings is 1. The first kappa shape index (κ1) is 10.9. The number of nitrogen functional groups attached to an aromatic ring is 1.